The zero-order chi connectivity index (χ0) is 23.1. The number of halogens is 3. The fraction of sp³-hybridized carbons (Fsp3) is 0.348. The van der Waals surface area contributed by atoms with Crippen LogP contribution in [0.15, 0.2) is 52.7 Å². The lowest BCUT2D eigenvalue weighted by molar-refractivity contribution is -0.137. The molecule has 0 atom stereocenters. The van der Waals surface area contributed by atoms with E-state index in [9.17, 15) is 21.6 Å². The first-order chi connectivity index (χ1) is 15.1. The maximum absolute atomic E-state index is 13.0. The monoisotopic (exact) mass is 480 g/mol. The molecule has 1 fully saturated rings. The number of hydrogen-bond acceptors (Lipinski definition) is 5. The van der Waals surface area contributed by atoms with Crippen molar-refractivity contribution in [3.05, 3.63) is 64.5 Å². The minimum absolute atomic E-state index is 0.267. The first-order valence-corrected chi connectivity index (χ1v) is 12.7. The minimum Gasteiger partial charge on any atom is -0.348 e. The molecule has 1 aliphatic heterocycles. The highest BCUT2D eigenvalue weighted by Gasteiger charge is 2.35. The molecule has 0 spiro atoms. The van der Waals surface area contributed by atoms with Gasteiger partial charge in [0.2, 0.25) is 0 Å². The van der Waals surface area contributed by atoms with E-state index in [4.69, 9.17) is 4.98 Å². The molecular formula is C23H23F3N2O2S2. The molecule has 0 unspecified atom stereocenters. The average Bonchev–Trinajstić information content (AvgIpc) is 3.25. The number of aryl methyl sites for hydroxylation is 2. The number of hydrogen-bond donors (Lipinski definition) is 0. The van der Waals surface area contributed by atoms with Crippen molar-refractivity contribution < 1.29 is 21.6 Å². The second kappa shape index (κ2) is 8.51. The number of nitrogens with zero attached hydrogens (tertiary/aromatic N) is 2. The van der Waals surface area contributed by atoms with E-state index in [2.05, 4.69) is 26.0 Å². The molecule has 0 radical (unpaired) electrons. The average molecular weight is 481 g/mol. The van der Waals surface area contributed by atoms with E-state index in [-0.39, 0.29) is 4.90 Å². The van der Waals surface area contributed by atoms with Crippen molar-refractivity contribution in [2.24, 2.45) is 0 Å². The second-order valence-electron chi connectivity index (χ2n) is 8.07. The Bertz CT molecular complexity index is 1230. The van der Waals surface area contributed by atoms with Crippen molar-refractivity contribution in [3.63, 3.8) is 0 Å². The Labute approximate surface area is 189 Å². The fourth-order valence-corrected chi connectivity index (χ4v) is 6.51. The highest BCUT2D eigenvalue weighted by atomic mass is 32.2. The summed E-state index contributed by atoms with van der Waals surface area (Å²) in [5.41, 5.74) is 3.38. The molecule has 0 saturated carbocycles. The van der Waals surface area contributed by atoms with Crippen LogP contribution in [-0.2, 0) is 16.0 Å². The van der Waals surface area contributed by atoms with E-state index in [1.807, 2.05) is 16.3 Å². The summed E-state index contributed by atoms with van der Waals surface area (Å²) in [7, 11) is -3.84. The molecule has 9 heteroatoms. The number of aromatic nitrogens is 1. The molecule has 1 aliphatic rings. The molecule has 1 saturated heterocycles. The third-order valence-electron chi connectivity index (χ3n) is 5.94. The molecule has 3 aromatic rings. The van der Waals surface area contributed by atoms with Gasteiger partial charge in [0.25, 0.3) is 0 Å². The van der Waals surface area contributed by atoms with Gasteiger partial charge in [-0.25, -0.2) is 13.4 Å². The predicted molar refractivity (Wildman–Crippen MR) is 121 cm³/mol. The highest BCUT2D eigenvalue weighted by Crippen LogP contribution is 2.34. The van der Waals surface area contributed by atoms with Crippen LogP contribution in [0.25, 0.3) is 11.3 Å². The summed E-state index contributed by atoms with van der Waals surface area (Å²) in [5.74, 6) is 0. The molecule has 0 N–H and O–H groups in total. The third-order valence-corrected chi connectivity index (χ3v) is 9.10. The normalized spacial score (nSPS) is 15.8. The Morgan fingerprint density at radius 3 is 2.41 bits per heavy atom. The van der Waals surface area contributed by atoms with Gasteiger partial charge in [0.15, 0.2) is 15.0 Å². The lowest BCUT2D eigenvalue weighted by Gasteiger charge is -2.31. The SMILES string of the molecule is Cc1ccc(-c2csc(N3CCC(S(=O)(=O)c4cccc(C(F)(F)F)c4)CC3)n2)cc1C. The zero-order valence-corrected chi connectivity index (χ0v) is 19.3. The Balaban J connectivity index is 1.46. The summed E-state index contributed by atoms with van der Waals surface area (Å²) in [6.45, 7) is 5.09. The van der Waals surface area contributed by atoms with Gasteiger partial charge in [0.1, 0.15) is 0 Å². The highest BCUT2D eigenvalue weighted by molar-refractivity contribution is 7.92. The molecule has 1 aromatic heterocycles. The van der Waals surface area contributed by atoms with Crippen LogP contribution in [0.2, 0.25) is 0 Å². The van der Waals surface area contributed by atoms with E-state index in [1.54, 1.807) is 0 Å². The molecule has 0 bridgehead atoms. The van der Waals surface area contributed by atoms with Crippen molar-refractivity contribution in [1.29, 1.82) is 0 Å². The van der Waals surface area contributed by atoms with Crippen LogP contribution in [0, 0.1) is 13.8 Å². The van der Waals surface area contributed by atoms with Crippen LogP contribution in [0.3, 0.4) is 0 Å². The smallest absolute Gasteiger partial charge is 0.348 e. The van der Waals surface area contributed by atoms with Gasteiger partial charge in [-0.05, 0) is 62.1 Å². The van der Waals surface area contributed by atoms with Gasteiger partial charge in [-0.3, -0.25) is 0 Å². The first kappa shape index (κ1) is 22.8. The van der Waals surface area contributed by atoms with Crippen molar-refractivity contribution in [2.45, 2.75) is 43.0 Å². The maximum atomic E-state index is 13.0. The van der Waals surface area contributed by atoms with Crippen LogP contribution in [-0.4, -0.2) is 31.7 Å². The van der Waals surface area contributed by atoms with Crippen LogP contribution in [0.1, 0.15) is 29.5 Å². The summed E-state index contributed by atoms with van der Waals surface area (Å²) in [5, 5.41) is 2.11. The quantitative estimate of drug-likeness (QED) is 0.467. The molecule has 2 aromatic carbocycles. The van der Waals surface area contributed by atoms with E-state index in [1.165, 1.54) is 28.5 Å². The van der Waals surface area contributed by atoms with Crippen molar-refractivity contribution in [1.82, 2.24) is 4.98 Å². The van der Waals surface area contributed by atoms with Gasteiger partial charge in [0.05, 0.1) is 21.4 Å². The second-order valence-corrected chi connectivity index (χ2v) is 11.1. The summed E-state index contributed by atoms with van der Waals surface area (Å²) in [6.07, 6.45) is -3.89. The first-order valence-electron chi connectivity index (χ1n) is 10.2. The number of alkyl halides is 3. The van der Waals surface area contributed by atoms with E-state index in [0.29, 0.717) is 25.9 Å². The van der Waals surface area contributed by atoms with E-state index >= 15 is 0 Å². The summed E-state index contributed by atoms with van der Waals surface area (Å²) in [4.78, 5) is 6.51. The molecule has 2 heterocycles. The topological polar surface area (TPSA) is 50.3 Å². The number of rotatable bonds is 4. The lowest BCUT2D eigenvalue weighted by Crippen LogP contribution is -2.39. The largest absolute Gasteiger partial charge is 0.416 e. The van der Waals surface area contributed by atoms with Gasteiger partial charge in [-0.2, -0.15) is 13.2 Å². The van der Waals surface area contributed by atoms with Crippen LogP contribution in [0.5, 0.6) is 0 Å². The van der Waals surface area contributed by atoms with Crippen molar-refractivity contribution in [3.8, 4) is 11.3 Å². The van der Waals surface area contributed by atoms with Gasteiger partial charge in [-0.15, -0.1) is 11.3 Å². The maximum Gasteiger partial charge on any atom is 0.416 e. The van der Waals surface area contributed by atoms with Gasteiger partial charge in [0, 0.05) is 24.0 Å². The predicted octanol–water partition coefficient (Wildman–Crippen LogP) is 5.89. The Hall–Kier alpha value is -2.39. The van der Waals surface area contributed by atoms with Crippen LogP contribution < -0.4 is 4.90 Å². The summed E-state index contributed by atoms with van der Waals surface area (Å²) >= 11 is 1.51. The molecule has 170 valence electrons. The van der Waals surface area contributed by atoms with E-state index < -0.39 is 26.8 Å². The molecule has 0 aliphatic carbocycles. The van der Waals surface area contributed by atoms with Gasteiger partial charge in [-0.1, -0.05) is 18.2 Å². The van der Waals surface area contributed by atoms with Crippen molar-refractivity contribution >= 4 is 26.3 Å². The van der Waals surface area contributed by atoms with Crippen LogP contribution in [0.4, 0.5) is 18.3 Å². The summed E-state index contributed by atoms with van der Waals surface area (Å²) in [6, 6.07) is 10.2. The third kappa shape index (κ3) is 4.54. The Morgan fingerprint density at radius 2 is 1.75 bits per heavy atom. The standard InChI is InChI=1S/C23H23F3N2O2S2/c1-15-6-7-17(12-16(15)2)21-14-31-22(27-21)28-10-8-19(9-11-28)32(29,30)20-5-3-4-18(13-20)23(24,25)26/h3-7,12-14,19H,8-11H2,1-2H3. The van der Waals surface area contributed by atoms with Gasteiger partial charge < -0.3 is 4.90 Å². The van der Waals surface area contributed by atoms with Crippen LogP contribution >= 0.6 is 11.3 Å². The Kier molecular flexibility index (Phi) is 6.06. The van der Waals surface area contributed by atoms with Gasteiger partial charge >= 0.3 is 6.18 Å². The minimum atomic E-state index is -4.58. The number of benzene rings is 2. The number of anilines is 1. The lowest BCUT2D eigenvalue weighted by atomic mass is 10.1. The number of sulfone groups is 1. The van der Waals surface area contributed by atoms with Crippen molar-refractivity contribution in [2.75, 3.05) is 18.0 Å². The Morgan fingerprint density at radius 1 is 1.03 bits per heavy atom. The molecule has 0 amide bonds. The molecule has 32 heavy (non-hydrogen) atoms. The summed E-state index contributed by atoms with van der Waals surface area (Å²) < 4.78 is 64.9. The number of piperidine rings is 1. The molecule has 4 rings (SSSR count). The molecule has 4 nitrogen and oxygen atoms in total. The van der Waals surface area contributed by atoms with E-state index in [0.717, 1.165) is 34.6 Å². The molecular weight excluding hydrogens is 457 g/mol. The number of thiazole rings is 1. The zero-order valence-electron chi connectivity index (χ0n) is 17.7. The fourth-order valence-electron chi connectivity index (χ4n) is 3.84.